The lowest BCUT2D eigenvalue weighted by Crippen LogP contribution is -2.48. The number of thiophene rings is 1. The molecule has 2 amide bonds. The van der Waals surface area contributed by atoms with Gasteiger partial charge in [0.1, 0.15) is 0 Å². The van der Waals surface area contributed by atoms with Crippen LogP contribution in [0, 0.1) is 6.92 Å². The van der Waals surface area contributed by atoms with E-state index in [1.165, 1.54) is 17.4 Å². The average molecular weight is 345 g/mol. The number of hydrazine groups is 1. The lowest BCUT2D eigenvalue weighted by Gasteiger charge is -2.09. The summed E-state index contributed by atoms with van der Waals surface area (Å²) >= 11 is 6.47. The van der Waals surface area contributed by atoms with E-state index in [0.717, 1.165) is 10.4 Å². The maximum absolute atomic E-state index is 11.9. The van der Waals surface area contributed by atoms with Gasteiger partial charge in [-0.2, -0.15) is 0 Å². The van der Waals surface area contributed by atoms with E-state index in [-0.39, 0.29) is 16.9 Å². The van der Waals surface area contributed by atoms with Gasteiger partial charge in [0.05, 0.1) is 0 Å². The highest BCUT2D eigenvalue weighted by Crippen LogP contribution is 2.09. The topological polar surface area (TPSA) is 70.2 Å². The Kier molecular flexibility index (Phi) is 6.02. The molecule has 23 heavy (non-hydrogen) atoms. The van der Waals surface area contributed by atoms with Gasteiger partial charge in [0.25, 0.3) is 5.91 Å². The van der Waals surface area contributed by atoms with E-state index < -0.39 is 0 Å². The number of carbonyl (C=O) groups excluding carboxylic acids is 2. The van der Waals surface area contributed by atoms with Crippen molar-refractivity contribution in [1.29, 1.82) is 0 Å². The Morgan fingerprint density at radius 1 is 1.17 bits per heavy atom. The van der Waals surface area contributed by atoms with Crippen LogP contribution in [-0.2, 0) is 4.79 Å². The first-order chi connectivity index (χ1) is 11.0. The van der Waals surface area contributed by atoms with E-state index in [9.17, 15) is 9.59 Å². The van der Waals surface area contributed by atoms with Crippen LogP contribution in [0.5, 0.6) is 0 Å². The van der Waals surface area contributed by atoms with Gasteiger partial charge in [0, 0.05) is 16.5 Å². The fraction of sp³-hybridized carbons (Fsp3) is 0.0625. The first-order valence-electron chi connectivity index (χ1n) is 6.74. The molecule has 5 nitrogen and oxygen atoms in total. The highest BCUT2D eigenvalue weighted by Gasteiger charge is 2.06. The molecule has 0 saturated carbocycles. The van der Waals surface area contributed by atoms with Crippen molar-refractivity contribution in [3.63, 3.8) is 0 Å². The Morgan fingerprint density at radius 3 is 2.70 bits per heavy atom. The molecule has 118 valence electrons. The van der Waals surface area contributed by atoms with Crippen molar-refractivity contribution in [3.05, 3.63) is 63.9 Å². The Bertz CT molecular complexity index is 740. The van der Waals surface area contributed by atoms with E-state index in [0.29, 0.717) is 5.56 Å². The van der Waals surface area contributed by atoms with Crippen LogP contribution in [0.4, 0.5) is 0 Å². The van der Waals surface area contributed by atoms with Crippen LogP contribution in [-0.4, -0.2) is 16.9 Å². The van der Waals surface area contributed by atoms with Crippen molar-refractivity contribution in [1.82, 2.24) is 16.2 Å². The zero-order valence-corrected chi connectivity index (χ0v) is 14.0. The predicted molar refractivity (Wildman–Crippen MR) is 95.9 cm³/mol. The first-order valence-corrected chi connectivity index (χ1v) is 8.03. The molecule has 0 aliphatic heterocycles. The SMILES string of the molecule is Cc1cccc(C(=O)NNC(=S)NC(=O)/C=C/c2cccs2)c1. The van der Waals surface area contributed by atoms with Gasteiger partial charge in [-0.05, 0) is 48.8 Å². The third-order valence-electron chi connectivity index (χ3n) is 2.75. The minimum absolute atomic E-state index is 0.0202. The summed E-state index contributed by atoms with van der Waals surface area (Å²) in [6.45, 7) is 1.90. The fourth-order valence-corrected chi connectivity index (χ4v) is 2.47. The lowest BCUT2D eigenvalue weighted by molar-refractivity contribution is -0.115. The summed E-state index contributed by atoms with van der Waals surface area (Å²) in [5.74, 6) is -0.708. The second-order valence-electron chi connectivity index (χ2n) is 4.62. The first kappa shape index (κ1) is 16.9. The van der Waals surface area contributed by atoms with Gasteiger partial charge in [-0.25, -0.2) is 0 Å². The van der Waals surface area contributed by atoms with Gasteiger partial charge in [0.15, 0.2) is 5.11 Å². The van der Waals surface area contributed by atoms with E-state index in [2.05, 4.69) is 16.2 Å². The minimum atomic E-state index is -0.374. The summed E-state index contributed by atoms with van der Waals surface area (Å²) in [7, 11) is 0. The van der Waals surface area contributed by atoms with Gasteiger partial charge < -0.3 is 0 Å². The van der Waals surface area contributed by atoms with Crippen LogP contribution in [0.2, 0.25) is 0 Å². The molecule has 1 aromatic heterocycles. The summed E-state index contributed by atoms with van der Waals surface area (Å²) in [5, 5.41) is 4.39. The maximum Gasteiger partial charge on any atom is 0.269 e. The molecule has 7 heteroatoms. The van der Waals surface area contributed by atoms with E-state index in [1.54, 1.807) is 24.3 Å². The number of amides is 2. The molecule has 1 heterocycles. The molecule has 0 saturated heterocycles. The van der Waals surface area contributed by atoms with Gasteiger partial charge in [-0.15, -0.1) is 11.3 Å². The summed E-state index contributed by atoms with van der Waals surface area (Å²) in [6, 6.07) is 10.9. The normalized spacial score (nSPS) is 10.3. The highest BCUT2D eigenvalue weighted by atomic mass is 32.1. The van der Waals surface area contributed by atoms with Gasteiger partial charge >= 0.3 is 0 Å². The number of carbonyl (C=O) groups is 2. The summed E-state index contributed by atoms with van der Waals surface area (Å²) in [4.78, 5) is 24.5. The van der Waals surface area contributed by atoms with Crippen molar-refractivity contribution in [3.8, 4) is 0 Å². The number of nitrogens with one attached hydrogen (secondary N) is 3. The predicted octanol–water partition coefficient (Wildman–Crippen LogP) is 2.41. The number of aryl methyl sites for hydroxylation is 1. The van der Waals surface area contributed by atoms with Crippen molar-refractivity contribution in [2.75, 3.05) is 0 Å². The maximum atomic E-state index is 11.9. The second-order valence-corrected chi connectivity index (χ2v) is 6.00. The molecule has 0 aliphatic carbocycles. The number of rotatable bonds is 3. The Hall–Kier alpha value is -2.51. The average Bonchev–Trinajstić information content (AvgIpc) is 3.04. The summed E-state index contributed by atoms with van der Waals surface area (Å²) in [6.07, 6.45) is 3.07. The Morgan fingerprint density at radius 2 is 2.00 bits per heavy atom. The van der Waals surface area contributed by atoms with E-state index >= 15 is 0 Å². The molecule has 0 radical (unpaired) electrons. The monoisotopic (exact) mass is 345 g/mol. The molecule has 0 aliphatic rings. The summed E-state index contributed by atoms with van der Waals surface area (Å²) < 4.78 is 0. The van der Waals surface area contributed by atoms with Crippen LogP contribution in [0.1, 0.15) is 20.8 Å². The van der Waals surface area contributed by atoms with Crippen LogP contribution in [0.3, 0.4) is 0 Å². The molecule has 0 atom stereocenters. The van der Waals surface area contributed by atoms with Crippen LogP contribution >= 0.6 is 23.6 Å². The molecule has 0 bridgehead atoms. The number of thiocarbonyl (C=S) groups is 1. The zero-order valence-electron chi connectivity index (χ0n) is 12.3. The highest BCUT2D eigenvalue weighted by molar-refractivity contribution is 7.80. The van der Waals surface area contributed by atoms with Gasteiger partial charge in [-0.3, -0.25) is 25.8 Å². The quantitative estimate of drug-likeness (QED) is 0.454. The van der Waals surface area contributed by atoms with Crippen LogP contribution in [0.15, 0.2) is 47.9 Å². The van der Waals surface area contributed by atoms with E-state index in [4.69, 9.17) is 12.2 Å². The third kappa shape index (κ3) is 5.65. The standard InChI is InChI=1S/C16H15N3O2S2/c1-11-4-2-5-12(10-11)15(21)18-19-16(22)17-14(20)8-7-13-6-3-9-23-13/h2-10H,1H3,(H,18,21)(H2,17,19,20,22)/b8-7+. The molecule has 2 aromatic rings. The van der Waals surface area contributed by atoms with Gasteiger partial charge in [0.2, 0.25) is 5.91 Å². The minimum Gasteiger partial charge on any atom is -0.298 e. The largest absolute Gasteiger partial charge is 0.298 e. The Labute approximate surface area is 143 Å². The van der Waals surface area contributed by atoms with Crippen LogP contribution < -0.4 is 16.2 Å². The second kappa shape index (κ2) is 8.21. The van der Waals surface area contributed by atoms with Gasteiger partial charge in [-0.1, -0.05) is 23.8 Å². The number of benzene rings is 1. The molecule has 0 fully saturated rings. The molecular weight excluding hydrogens is 330 g/mol. The van der Waals surface area contributed by atoms with Crippen molar-refractivity contribution in [2.24, 2.45) is 0 Å². The van der Waals surface area contributed by atoms with E-state index in [1.807, 2.05) is 30.5 Å². The Balaban J connectivity index is 1.78. The molecule has 3 N–H and O–H groups in total. The molecule has 0 spiro atoms. The molecule has 2 rings (SSSR count). The number of hydrogen-bond acceptors (Lipinski definition) is 4. The zero-order chi connectivity index (χ0) is 16.7. The lowest BCUT2D eigenvalue weighted by atomic mass is 10.1. The van der Waals surface area contributed by atoms with Crippen molar-refractivity contribution >= 4 is 46.6 Å². The molecule has 0 unspecified atom stereocenters. The van der Waals surface area contributed by atoms with Crippen LogP contribution in [0.25, 0.3) is 6.08 Å². The smallest absolute Gasteiger partial charge is 0.269 e. The summed E-state index contributed by atoms with van der Waals surface area (Å²) in [5.41, 5.74) is 6.41. The number of hydrogen-bond donors (Lipinski definition) is 3. The fourth-order valence-electron chi connectivity index (χ4n) is 1.70. The molecule has 1 aromatic carbocycles. The van der Waals surface area contributed by atoms with Crippen molar-refractivity contribution in [2.45, 2.75) is 6.92 Å². The molecular formula is C16H15N3O2S2. The van der Waals surface area contributed by atoms with Crippen molar-refractivity contribution < 1.29 is 9.59 Å². The third-order valence-corrected chi connectivity index (χ3v) is 3.79.